The molecule has 0 unspecified atom stereocenters. The van der Waals surface area contributed by atoms with Gasteiger partial charge in [-0.3, -0.25) is 4.79 Å². The summed E-state index contributed by atoms with van der Waals surface area (Å²) in [6.07, 6.45) is 1.66. The zero-order chi connectivity index (χ0) is 21.5. The third-order valence-electron chi connectivity index (χ3n) is 4.03. The van der Waals surface area contributed by atoms with Gasteiger partial charge in [0.15, 0.2) is 6.61 Å². The molecule has 0 aliphatic rings. The maximum absolute atomic E-state index is 12.2. The largest absolute Gasteiger partial charge is 0.483 e. The van der Waals surface area contributed by atoms with Crippen molar-refractivity contribution in [2.45, 2.75) is 0 Å². The molecule has 0 spiro atoms. The molecule has 0 fully saturated rings. The van der Waals surface area contributed by atoms with Crippen molar-refractivity contribution in [1.29, 1.82) is 5.26 Å². The van der Waals surface area contributed by atoms with Crippen molar-refractivity contribution in [2.75, 3.05) is 11.9 Å². The number of nitriles is 1. The number of carbonyl (C=O) groups excluding carboxylic acids is 1. The Bertz CT molecular complexity index is 1140. The lowest BCUT2D eigenvalue weighted by Gasteiger charge is -2.11. The summed E-state index contributed by atoms with van der Waals surface area (Å²) in [4.78, 5) is 12.2. The van der Waals surface area contributed by atoms with E-state index in [-0.39, 0.29) is 12.5 Å². The maximum Gasteiger partial charge on any atom is 0.262 e. The lowest BCUT2D eigenvalue weighted by atomic mass is 10.0. The summed E-state index contributed by atoms with van der Waals surface area (Å²) < 4.78 is 6.52. The molecule has 0 atom stereocenters. The van der Waals surface area contributed by atoms with E-state index in [0.717, 1.165) is 4.47 Å². The number of anilines is 1. The Labute approximate surface area is 192 Å². The molecule has 3 aromatic carbocycles. The van der Waals surface area contributed by atoms with Gasteiger partial charge in [-0.05, 0) is 48.5 Å². The fraction of sp³-hybridized carbons (Fsp3) is 0.0435. The van der Waals surface area contributed by atoms with Crippen molar-refractivity contribution in [1.82, 2.24) is 0 Å². The van der Waals surface area contributed by atoms with E-state index in [9.17, 15) is 10.1 Å². The molecule has 0 heterocycles. The van der Waals surface area contributed by atoms with Crippen LogP contribution in [-0.4, -0.2) is 12.5 Å². The topological polar surface area (TPSA) is 62.1 Å². The Kier molecular flexibility index (Phi) is 7.53. The van der Waals surface area contributed by atoms with Crippen molar-refractivity contribution in [3.8, 4) is 11.8 Å². The predicted octanol–water partition coefficient (Wildman–Crippen LogP) is 6.84. The monoisotopic (exact) mass is 500 g/mol. The Morgan fingerprint density at radius 3 is 2.57 bits per heavy atom. The van der Waals surface area contributed by atoms with E-state index >= 15 is 0 Å². The minimum atomic E-state index is -0.291. The van der Waals surface area contributed by atoms with Gasteiger partial charge in [0, 0.05) is 26.3 Å². The second-order valence-electron chi connectivity index (χ2n) is 6.18. The number of hydrogen-bond acceptors (Lipinski definition) is 3. The van der Waals surface area contributed by atoms with Gasteiger partial charge in [0.2, 0.25) is 0 Å². The third-order valence-corrected chi connectivity index (χ3v) is 5.07. The highest BCUT2D eigenvalue weighted by Crippen LogP contribution is 2.31. The van der Waals surface area contributed by atoms with Gasteiger partial charge in [-0.1, -0.05) is 63.4 Å². The Morgan fingerprint density at radius 2 is 1.87 bits per heavy atom. The minimum absolute atomic E-state index is 0.180. The van der Waals surface area contributed by atoms with Gasteiger partial charge in [-0.2, -0.15) is 5.26 Å². The number of nitrogens with zero attached hydrogens (tertiary/aromatic N) is 1. The van der Waals surface area contributed by atoms with Gasteiger partial charge in [-0.15, -0.1) is 0 Å². The second-order valence-corrected chi connectivity index (χ2v) is 7.94. The van der Waals surface area contributed by atoms with Crippen molar-refractivity contribution in [3.63, 3.8) is 0 Å². The fourth-order valence-corrected chi connectivity index (χ4v) is 3.55. The van der Waals surface area contributed by atoms with Crippen LogP contribution in [0.2, 0.25) is 10.0 Å². The van der Waals surface area contributed by atoms with Gasteiger partial charge in [0.1, 0.15) is 5.75 Å². The molecule has 4 nitrogen and oxygen atoms in total. The number of allylic oxidation sites excluding steroid dienone is 1. The number of amides is 1. The molecule has 1 N–H and O–H groups in total. The molecule has 1 amide bonds. The van der Waals surface area contributed by atoms with Crippen molar-refractivity contribution in [3.05, 3.63) is 92.4 Å². The summed E-state index contributed by atoms with van der Waals surface area (Å²) in [5.74, 6) is 0.166. The van der Waals surface area contributed by atoms with E-state index in [2.05, 4.69) is 27.3 Å². The van der Waals surface area contributed by atoms with Crippen LogP contribution in [0.3, 0.4) is 0 Å². The summed E-state index contributed by atoms with van der Waals surface area (Å²) in [7, 11) is 0. The molecule has 7 heteroatoms. The van der Waals surface area contributed by atoms with Crippen LogP contribution in [0, 0.1) is 11.3 Å². The van der Waals surface area contributed by atoms with Crippen LogP contribution in [0.4, 0.5) is 5.69 Å². The van der Waals surface area contributed by atoms with Gasteiger partial charge in [-0.25, -0.2) is 0 Å². The molecule has 0 aliphatic heterocycles. The first-order valence-electron chi connectivity index (χ1n) is 8.81. The SMILES string of the molecule is N#C/C(=C\c1cc(Br)ccc1OCC(=O)Nc1ccccc1)c1ccc(Cl)cc1Cl. The van der Waals surface area contributed by atoms with Gasteiger partial charge < -0.3 is 10.1 Å². The van der Waals surface area contributed by atoms with E-state index < -0.39 is 0 Å². The fourth-order valence-electron chi connectivity index (χ4n) is 2.66. The summed E-state index contributed by atoms with van der Waals surface area (Å²) in [6, 6.07) is 21.5. The third kappa shape index (κ3) is 5.87. The first-order chi connectivity index (χ1) is 14.5. The molecule has 0 radical (unpaired) electrons. The van der Waals surface area contributed by atoms with E-state index in [4.69, 9.17) is 27.9 Å². The second kappa shape index (κ2) is 10.3. The number of ether oxygens (including phenoxy) is 1. The zero-order valence-electron chi connectivity index (χ0n) is 15.5. The lowest BCUT2D eigenvalue weighted by Crippen LogP contribution is -2.20. The van der Waals surface area contributed by atoms with Crippen LogP contribution in [0.1, 0.15) is 11.1 Å². The number of nitrogens with one attached hydrogen (secondary N) is 1. The standard InChI is InChI=1S/C23H15BrCl2N2O2/c24-17-6-9-22(30-14-23(29)28-19-4-2-1-3-5-19)15(11-17)10-16(13-27)20-8-7-18(25)12-21(20)26/h1-12H,14H2,(H,28,29)/b16-10+. The molecule has 0 aromatic heterocycles. The van der Waals surface area contributed by atoms with Crippen LogP contribution in [0.5, 0.6) is 5.75 Å². The Morgan fingerprint density at radius 1 is 1.10 bits per heavy atom. The molecule has 3 aromatic rings. The van der Waals surface area contributed by atoms with E-state index in [0.29, 0.717) is 38.2 Å². The van der Waals surface area contributed by atoms with Gasteiger partial charge in [0.25, 0.3) is 5.91 Å². The quantitative estimate of drug-likeness (QED) is 0.297. The molecule has 0 saturated carbocycles. The molecule has 0 saturated heterocycles. The Hall–Kier alpha value is -2.78. The van der Waals surface area contributed by atoms with Crippen LogP contribution in [-0.2, 0) is 4.79 Å². The van der Waals surface area contributed by atoms with E-state index in [1.54, 1.807) is 54.6 Å². The summed E-state index contributed by atoms with van der Waals surface area (Å²) in [5, 5.41) is 13.3. The number of para-hydroxylation sites is 1. The highest BCUT2D eigenvalue weighted by atomic mass is 79.9. The number of carbonyl (C=O) groups is 1. The van der Waals surface area contributed by atoms with Crippen LogP contribution in [0.25, 0.3) is 11.6 Å². The van der Waals surface area contributed by atoms with Crippen molar-refractivity contribution >= 4 is 62.4 Å². The first kappa shape index (κ1) is 21.9. The minimum Gasteiger partial charge on any atom is -0.483 e. The normalized spacial score (nSPS) is 10.9. The van der Waals surface area contributed by atoms with Crippen LogP contribution >= 0.6 is 39.1 Å². The zero-order valence-corrected chi connectivity index (χ0v) is 18.6. The molecule has 150 valence electrons. The van der Waals surface area contributed by atoms with Crippen molar-refractivity contribution in [2.24, 2.45) is 0 Å². The Balaban J connectivity index is 1.83. The summed E-state index contributed by atoms with van der Waals surface area (Å²) >= 11 is 15.6. The van der Waals surface area contributed by atoms with Gasteiger partial charge >= 0.3 is 0 Å². The molecule has 0 bridgehead atoms. The van der Waals surface area contributed by atoms with E-state index in [1.165, 1.54) is 0 Å². The molecular weight excluding hydrogens is 487 g/mol. The number of rotatable bonds is 6. The number of benzene rings is 3. The predicted molar refractivity (Wildman–Crippen MR) is 125 cm³/mol. The average molecular weight is 502 g/mol. The molecule has 30 heavy (non-hydrogen) atoms. The number of hydrogen-bond donors (Lipinski definition) is 1. The molecule has 0 aliphatic carbocycles. The highest BCUT2D eigenvalue weighted by Gasteiger charge is 2.11. The van der Waals surface area contributed by atoms with Crippen LogP contribution in [0.15, 0.2) is 71.2 Å². The summed E-state index contributed by atoms with van der Waals surface area (Å²) in [5.41, 5.74) is 2.20. The maximum atomic E-state index is 12.2. The molecular formula is C23H15BrCl2N2O2. The average Bonchev–Trinajstić information content (AvgIpc) is 2.72. The lowest BCUT2D eigenvalue weighted by molar-refractivity contribution is -0.118. The van der Waals surface area contributed by atoms with Crippen LogP contribution < -0.4 is 10.1 Å². The summed E-state index contributed by atoms with van der Waals surface area (Å²) in [6.45, 7) is -0.180. The van der Waals surface area contributed by atoms with Gasteiger partial charge in [0.05, 0.1) is 16.7 Å². The highest BCUT2D eigenvalue weighted by molar-refractivity contribution is 9.10. The van der Waals surface area contributed by atoms with E-state index in [1.807, 2.05) is 18.2 Å². The molecule has 3 rings (SSSR count). The van der Waals surface area contributed by atoms with Crippen molar-refractivity contribution < 1.29 is 9.53 Å². The number of halogens is 3. The first-order valence-corrected chi connectivity index (χ1v) is 10.4. The smallest absolute Gasteiger partial charge is 0.262 e.